The van der Waals surface area contributed by atoms with E-state index in [9.17, 15) is 0 Å². The van der Waals surface area contributed by atoms with Gasteiger partial charge in [-0.15, -0.1) is 0 Å². The molecule has 0 N–H and O–H groups in total. The van der Waals surface area contributed by atoms with E-state index < -0.39 is 0 Å². The summed E-state index contributed by atoms with van der Waals surface area (Å²) in [5.41, 5.74) is 1.41. The van der Waals surface area contributed by atoms with E-state index in [4.69, 9.17) is 15.4 Å². The Morgan fingerprint density at radius 3 is 1.71 bits per heavy atom. The molecule has 0 radical (unpaired) electrons. The van der Waals surface area contributed by atoms with Crippen molar-refractivity contribution in [2.75, 3.05) is 0 Å². The zero-order valence-corrected chi connectivity index (χ0v) is 7.36. The molecule has 0 spiro atoms. The normalized spacial score (nSPS) is 10.4. The fourth-order valence-corrected chi connectivity index (χ4v) is 1.32. The predicted octanol–water partition coefficient (Wildman–Crippen LogP) is 0.931. The van der Waals surface area contributed by atoms with Gasteiger partial charge in [-0.3, -0.25) is 0 Å². The summed E-state index contributed by atoms with van der Waals surface area (Å²) in [5.74, 6) is 0. The molecule has 7 heavy (non-hydrogen) atoms. The van der Waals surface area contributed by atoms with Crippen LogP contribution >= 0.6 is 0 Å². The van der Waals surface area contributed by atoms with Crippen LogP contribution in [0.15, 0.2) is 10.8 Å². The first-order chi connectivity index (χ1) is 3.18. The molecule has 0 heterocycles. The van der Waals surface area contributed by atoms with Crippen molar-refractivity contribution in [1.82, 2.24) is 0 Å². The van der Waals surface area contributed by atoms with Crippen LogP contribution in [0.3, 0.4) is 0 Å². The van der Waals surface area contributed by atoms with Crippen molar-refractivity contribution in [2.24, 2.45) is 0 Å². The van der Waals surface area contributed by atoms with Crippen LogP contribution in [0.5, 0.6) is 0 Å². The quantitative estimate of drug-likeness (QED) is 0.504. The molecule has 0 fully saturated rings. The molecule has 0 aliphatic carbocycles. The van der Waals surface area contributed by atoms with Gasteiger partial charge in [-0.1, -0.05) is 0 Å². The molecule has 0 rings (SSSR count). The first kappa shape index (κ1) is 7.48. The average Bonchev–Trinajstić information content (AvgIpc) is 1.65. The number of hydrogen-bond donors (Lipinski definition) is 0. The van der Waals surface area contributed by atoms with Gasteiger partial charge in [0.05, 0.1) is 0 Å². The van der Waals surface area contributed by atoms with Crippen LogP contribution in [-0.4, -0.2) is 8.13 Å². The van der Waals surface area contributed by atoms with E-state index >= 15 is 0 Å². The number of rotatable bonds is 1. The van der Waals surface area contributed by atoms with Gasteiger partial charge in [0, 0.05) is 0 Å². The SMILES string of the molecule is CC(C)=C(C)[SiH2][Cu]. The van der Waals surface area contributed by atoms with Crippen LogP contribution in [0.25, 0.3) is 0 Å². The van der Waals surface area contributed by atoms with E-state index in [-0.39, 0.29) is 8.13 Å². The molecule has 0 aromatic carbocycles. The number of hydrogen-bond acceptors (Lipinski definition) is 0. The second kappa shape index (κ2) is 3.47. The Balaban J connectivity index is 3.72. The molecule has 0 aliphatic rings. The third kappa shape index (κ3) is 3.09. The maximum atomic E-state index is 5.06. The Morgan fingerprint density at radius 2 is 1.71 bits per heavy atom. The predicted molar refractivity (Wildman–Crippen MR) is 32.6 cm³/mol. The Kier molecular flexibility index (Phi) is 3.71. The summed E-state index contributed by atoms with van der Waals surface area (Å²) >= 11 is 5.06. The van der Waals surface area contributed by atoms with Gasteiger partial charge in [0.2, 0.25) is 0 Å². The Morgan fingerprint density at radius 1 is 1.29 bits per heavy atom. The molecule has 0 saturated carbocycles. The molecule has 0 unspecified atom stereocenters. The van der Waals surface area contributed by atoms with Gasteiger partial charge in [0.1, 0.15) is 0 Å². The van der Waals surface area contributed by atoms with E-state index in [0.717, 1.165) is 0 Å². The molecule has 46 valence electrons. The molecule has 0 aromatic heterocycles. The van der Waals surface area contributed by atoms with E-state index in [1.54, 1.807) is 0 Å². The molecule has 0 atom stereocenters. The summed E-state index contributed by atoms with van der Waals surface area (Å²) in [5, 5.41) is 1.46. The van der Waals surface area contributed by atoms with E-state index in [2.05, 4.69) is 20.8 Å². The van der Waals surface area contributed by atoms with Crippen LogP contribution in [-0.2, 0) is 15.4 Å². The molecule has 0 bridgehead atoms. The molecule has 0 aliphatic heterocycles. The monoisotopic (exact) mass is 162 g/mol. The second-order valence-corrected chi connectivity index (χ2v) is 4.16. The molecular weight excluding hydrogens is 152 g/mol. The van der Waals surface area contributed by atoms with Gasteiger partial charge in [-0.25, -0.2) is 0 Å². The molecule has 2 heteroatoms. The third-order valence-corrected chi connectivity index (χ3v) is 3.54. The van der Waals surface area contributed by atoms with Crippen LogP contribution in [0.1, 0.15) is 20.8 Å². The first-order valence-electron chi connectivity index (χ1n) is 2.32. The Hall–Kier alpha value is 0.476. The van der Waals surface area contributed by atoms with Crippen molar-refractivity contribution in [3.05, 3.63) is 10.8 Å². The molecule has 0 nitrogen and oxygen atoms in total. The van der Waals surface area contributed by atoms with Gasteiger partial charge in [0.25, 0.3) is 0 Å². The van der Waals surface area contributed by atoms with Crippen molar-refractivity contribution < 1.29 is 15.4 Å². The Labute approximate surface area is 55.5 Å². The molecular formula is C5H11CuSi. The van der Waals surface area contributed by atoms with Crippen molar-refractivity contribution in [1.29, 1.82) is 0 Å². The summed E-state index contributed by atoms with van der Waals surface area (Å²) in [4.78, 5) is 0. The summed E-state index contributed by atoms with van der Waals surface area (Å²) in [7, 11) is -0.267. The van der Waals surface area contributed by atoms with Crippen LogP contribution < -0.4 is 0 Å². The molecule has 0 aromatic rings. The second-order valence-electron chi connectivity index (χ2n) is 1.89. The number of allylic oxidation sites excluding steroid dienone is 2. The van der Waals surface area contributed by atoms with Crippen LogP contribution in [0.4, 0.5) is 0 Å². The summed E-state index contributed by atoms with van der Waals surface area (Å²) in [6.45, 7) is 6.36. The summed E-state index contributed by atoms with van der Waals surface area (Å²) in [6, 6.07) is 0. The van der Waals surface area contributed by atoms with Crippen molar-refractivity contribution in [3.8, 4) is 0 Å². The summed E-state index contributed by atoms with van der Waals surface area (Å²) < 4.78 is 0. The van der Waals surface area contributed by atoms with E-state index in [1.807, 2.05) is 0 Å². The third-order valence-electron chi connectivity index (χ3n) is 1.01. The summed E-state index contributed by atoms with van der Waals surface area (Å²) in [6.07, 6.45) is 0. The minimum atomic E-state index is -0.267. The standard InChI is InChI=1S/C5H11Si.Cu/c1-4(2)5(3)6;/h6H2,1-3H3;. The van der Waals surface area contributed by atoms with Crippen LogP contribution in [0, 0.1) is 0 Å². The fraction of sp³-hybridized carbons (Fsp3) is 0.600. The van der Waals surface area contributed by atoms with Gasteiger partial charge in [-0.05, 0) is 0 Å². The van der Waals surface area contributed by atoms with Crippen molar-refractivity contribution >= 4 is 8.13 Å². The Bertz CT molecular complexity index is 82.1. The molecule has 0 amide bonds. The van der Waals surface area contributed by atoms with Crippen molar-refractivity contribution in [3.63, 3.8) is 0 Å². The van der Waals surface area contributed by atoms with E-state index in [1.165, 1.54) is 10.8 Å². The van der Waals surface area contributed by atoms with Gasteiger partial charge < -0.3 is 0 Å². The fourth-order valence-electron chi connectivity index (χ4n) is 0.107. The topological polar surface area (TPSA) is 0 Å². The van der Waals surface area contributed by atoms with Crippen LogP contribution in [0.2, 0.25) is 0 Å². The zero-order chi connectivity index (χ0) is 5.86. The van der Waals surface area contributed by atoms with Crippen molar-refractivity contribution in [2.45, 2.75) is 20.8 Å². The maximum absolute atomic E-state index is 5.06. The zero-order valence-electron chi connectivity index (χ0n) is 5.01. The minimum absolute atomic E-state index is 0.267. The van der Waals surface area contributed by atoms with Gasteiger partial charge in [-0.2, -0.15) is 0 Å². The van der Waals surface area contributed by atoms with E-state index in [0.29, 0.717) is 0 Å². The van der Waals surface area contributed by atoms with Gasteiger partial charge in [0.15, 0.2) is 0 Å². The first-order valence-corrected chi connectivity index (χ1v) is 5.45. The average molecular weight is 163 g/mol. The van der Waals surface area contributed by atoms with Gasteiger partial charge >= 0.3 is 55.0 Å². The molecule has 0 saturated heterocycles.